The van der Waals surface area contributed by atoms with Crippen LogP contribution in [0.1, 0.15) is 16.8 Å². The number of amides is 1. The normalized spacial score (nSPS) is 15.8. The van der Waals surface area contributed by atoms with Gasteiger partial charge in [0.25, 0.3) is 5.91 Å². The number of aromatic nitrogens is 2. The van der Waals surface area contributed by atoms with Gasteiger partial charge in [-0.3, -0.25) is 9.89 Å². The first-order valence-corrected chi connectivity index (χ1v) is 9.66. The average Bonchev–Trinajstić information content (AvgIpc) is 3.43. The number of nitrogens with zero attached hydrogens (tertiary/aromatic N) is 2. The van der Waals surface area contributed by atoms with E-state index in [-0.39, 0.29) is 17.8 Å². The van der Waals surface area contributed by atoms with Gasteiger partial charge in [-0.1, -0.05) is 0 Å². The van der Waals surface area contributed by atoms with Crippen LogP contribution in [-0.4, -0.2) is 49.5 Å². The van der Waals surface area contributed by atoms with E-state index in [2.05, 4.69) is 20.4 Å². The summed E-state index contributed by atoms with van der Waals surface area (Å²) in [6.45, 7) is 1.43. The predicted molar refractivity (Wildman–Crippen MR) is 112 cm³/mol. The molecule has 0 radical (unpaired) electrons. The van der Waals surface area contributed by atoms with E-state index in [0.29, 0.717) is 23.6 Å². The molecule has 0 spiro atoms. The van der Waals surface area contributed by atoms with Gasteiger partial charge in [-0.05, 0) is 48.4 Å². The van der Waals surface area contributed by atoms with E-state index in [9.17, 15) is 9.18 Å². The van der Waals surface area contributed by atoms with Crippen molar-refractivity contribution in [2.75, 3.05) is 32.2 Å². The molecule has 1 aliphatic rings. The van der Waals surface area contributed by atoms with Gasteiger partial charge in [0, 0.05) is 31.3 Å². The third kappa shape index (κ3) is 4.07. The Morgan fingerprint density at radius 2 is 1.97 bits per heavy atom. The van der Waals surface area contributed by atoms with Gasteiger partial charge in [0.05, 0.1) is 25.5 Å². The van der Waals surface area contributed by atoms with Crippen LogP contribution in [0.5, 0.6) is 11.5 Å². The lowest BCUT2D eigenvalue weighted by Gasteiger charge is -2.17. The highest BCUT2D eigenvalue weighted by atomic mass is 19.1. The number of ether oxygens (including phenoxy) is 2. The van der Waals surface area contributed by atoms with Crippen molar-refractivity contribution in [3.63, 3.8) is 0 Å². The Morgan fingerprint density at radius 1 is 1.17 bits per heavy atom. The molecule has 30 heavy (non-hydrogen) atoms. The standard InChI is InChI=1S/C22H23FN4O3/c1-29-17-7-8-18(20(11-17)30-2)22(28)24-16-9-10-27(13-16)21-12-19(25-26-21)14-3-5-15(23)6-4-14/h3-8,11-12,16H,9-10,13H2,1-2H3,(H,24,28)(H,25,26). The third-order valence-electron chi connectivity index (χ3n) is 5.22. The number of nitrogens with one attached hydrogen (secondary N) is 2. The molecule has 1 saturated heterocycles. The van der Waals surface area contributed by atoms with Crippen LogP contribution < -0.4 is 19.7 Å². The number of methoxy groups -OCH3 is 2. The predicted octanol–water partition coefficient (Wildman–Crippen LogP) is 3.24. The fraction of sp³-hybridized carbons (Fsp3) is 0.273. The van der Waals surface area contributed by atoms with Crippen molar-refractivity contribution in [2.24, 2.45) is 0 Å². The number of rotatable bonds is 6. The maximum Gasteiger partial charge on any atom is 0.255 e. The summed E-state index contributed by atoms with van der Waals surface area (Å²) in [5.41, 5.74) is 2.15. The summed E-state index contributed by atoms with van der Waals surface area (Å²) in [6, 6.07) is 13.3. The Balaban J connectivity index is 1.40. The first kappa shape index (κ1) is 19.8. The van der Waals surface area contributed by atoms with Crippen molar-refractivity contribution >= 4 is 11.7 Å². The zero-order valence-corrected chi connectivity index (χ0v) is 16.8. The molecule has 7 nitrogen and oxygen atoms in total. The number of carbonyl (C=O) groups is 1. The summed E-state index contributed by atoms with van der Waals surface area (Å²) in [4.78, 5) is 14.8. The van der Waals surface area contributed by atoms with Crippen molar-refractivity contribution in [1.29, 1.82) is 0 Å². The summed E-state index contributed by atoms with van der Waals surface area (Å²) >= 11 is 0. The smallest absolute Gasteiger partial charge is 0.255 e. The number of anilines is 1. The Kier molecular flexibility index (Phi) is 5.56. The van der Waals surface area contributed by atoms with Gasteiger partial charge < -0.3 is 19.7 Å². The number of hydrogen-bond donors (Lipinski definition) is 2. The summed E-state index contributed by atoms with van der Waals surface area (Å²) in [6.07, 6.45) is 0.808. The molecule has 1 unspecified atom stereocenters. The first-order valence-electron chi connectivity index (χ1n) is 9.66. The van der Waals surface area contributed by atoms with Crippen molar-refractivity contribution in [2.45, 2.75) is 12.5 Å². The van der Waals surface area contributed by atoms with Crippen LogP contribution in [0.2, 0.25) is 0 Å². The van der Waals surface area contributed by atoms with E-state index >= 15 is 0 Å². The largest absolute Gasteiger partial charge is 0.497 e. The molecular formula is C22H23FN4O3. The summed E-state index contributed by atoms with van der Waals surface area (Å²) in [7, 11) is 3.09. The zero-order valence-electron chi connectivity index (χ0n) is 16.8. The number of carbonyl (C=O) groups excluding carboxylic acids is 1. The second kappa shape index (κ2) is 8.44. The van der Waals surface area contributed by atoms with E-state index in [0.717, 1.165) is 30.0 Å². The Labute approximate surface area is 173 Å². The van der Waals surface area contributed by atoms with Gasteiger partial charge >= 0.3 is 0 Å². The van der Waals surface area contributed by atoms with Crippen LogP contribution in [0.3, 0.4) is 0 Å². The third-order valence-corrected chi connectivity index (χ3v) is 5.22. The van der Waals surface area contributed by atoms with E-state index in [4.69, 9.17) is 9.47 Å². The van der Waals surface area contributed by atoms with E-state index in [1.54, 1.807) is 37.4 Å². The van der Waals surface area contributed by atoms with Crippen molar-refractivity contribution < 1.29 is 18.7 Å². The Bertz CT molecular complexity index is 1040. The summed E-state index contributed by atoms with van der Waals surface area (Å²) in [5, 5.41) is 10.4. The molecular weight excluding hydrogens is 387 g/mol. The number of H-pyrrole nitrogens is 1. The lowest BCUT2D eigenvalue weighted by Crippen LogP contribution is -2.37. The molecule has 1 aliphatic heterocycles. The lowest BCUT2D eigenvalue weighted by molar-refractivity contribution is 0.0937. The molecule has 2 heterocycles. The highest BCUT2D eigenvalue weighted by Crippen LogP contribution is 2.27. The fourth-order valence-corrected chi connectivity index (χ4v) is 3.59. The number of benzene rings is 2. The summed E-state index contributed by atoms with van der Waals surface area (Å²) in [5.74, 6) is 1.44. The molecule has 0 aliphatic carbocycles. The molecule has 1 atom stereocenters. The minimum Gasteiger partial charge on any atom is -0.497 e. The number of hydrogen-bond acceptors (Lipinski definition) is 5. The molecule has 3 aromatic rings. The minimum atomic E-state index is -0.273. The van der Waals surface area contributed by atoms with Crippen LogP contribution in [0, 0.1) is 5.82 Å². The topological polar surface area (TPSA) is 79.5 Å². The maximum atomic E-state index is 13.1. The van der Waals surface area contributed by atoms with Gasteiger partial charge in [-0.15, -0.1) is 0 Å². The minimum absolute atomic E-state index is 0.00437. The van der Waals surface area contributed by atoms with Crippen molar-refractivity contribution in [1.82, 2.24) is 15.5 Å². The number of halogens is 1. The molecule has 0 bridgehead atoms. The highest BCUT2D eigenvalue weighted by Gasteiger charge is 2.27. The van der Waals surface area contributed by atoms with Crippen LogP contribution in [0.4, 0.5) is 10.2 Å². The molecule has 2 aromatic carbocycles. The fourth-order valence-electron chi connectivity index (χ4n) is 3.59. The van der Waals surface area contributed by atoms with E-state index in [1.807, 2.05) is 6.07 Å². The maximum absolute atomic E-state index is 13.1. The Hall–Kier alpha value is -3.55. The molecule has 4 rings (SSSR count). The molecule has 1 fully saturated rings. The molecule has 8 heteroatoms. The van der Waals surface area contributed by atoms with Crippen molar-refractivity contribution in [3.8, 4) is 22.8 Å². The SMILES string of the molecule is COc1ccc(C(=O)NC2CCN(c3cc(-c4ccc(F)cc4)[nH]n3)C2)c(OC)c1. The Morgan fingerprint density at radius 3 is 2.70 bits per heavy atom. The second-order valence-electron chi connectivity index (χ2n) is 7.12. The summed E-state index contributed by atoms with van der Waals surface area (Å²) < 4.78 is 23.6. The monoisotopic (exact) mass is 410 g/mol. The van der Waals surface area contributed by atoms with Gasteiger partial charge in [-0.25, -0.2) is 4.39 Å². The van der Waals surface area contributed by atoms with Gasteiger partial charge in [0.2, 0.25) is 0 Å². The van der Waals surface area contributed by atoms with Gasteiger partial charge in [0.15, 0.2) is 5.82 Å². The molecule has 1 amide bonds. The van der Waals surface area contributed by atoms with Crippen molar-refractivity contribution in [3.05, 3.63) is 59.9 Å². The zero-order chi connectivity index (χ0) is 21.1. The quantitative estimate of drug-likeness (QED) is 0.652. The second-order valence-corrected chi connectivity index (χ2v) is 7.12. The van der Waals surface area contributed by atoms with Crippen LogP contribution in [-0.2, 0) is 0 Å². The van der Waals surface area contributed by atoms with E-state index in [1.165, 1.54) is 19.2 Å². The lowest BCUT2D eigenvalue weighted by atomic mass is 10.1. The molecule has 2 N–H and O–H groups in total. The van der Waals surface area contributed by atoms with Gasteiger partial charge in [-0.2, -0.15) is 5.10 Å². The molecule has 1 aromatic heterocycles. The average molecular weight is 410 g/mol. The first-order chi connectivity index (χ1) is 14.6. The highest BCUT2D eigenvalue weighted by molar-refractivity contribution is 5.97. The van der Waals surface area contributed by atoms with Crippen LogP contribution in [0.15, 0.2) is 48.5 Å². The molecule has 0 saturated carbocycles. The van der Waals surface area contributed by atoms with Crippen LogP contribution in [0.25, 0.3) is 11.3 Å². The molecule has 156 valence electrons. The number of aromatic amines is 1. The van der Waals surface area contributed by atoms with Gasteiger partial charge in [0.1, 0.15) is 17.3 Å². The van der Waals surface area contributed by atoms with E-state index < -0.39 is 0 Å². The van der Waals surface area contributed by atoms with Crippen LogP contribution >= 0.6 is 0 Å².